The Hall–Kier alpha value is -1.75. The summed E-state index contributed by atoms with van der Waals surface area (Å²) in [6.07, 6.45) is 0.576. The number of nitrogens with one attached hydrogen (secondary N) is 3. The highest BCUT2D eigenvalue weighted by molar-refractivity contribution is 14.0. The van der Waals surface area contributed by atoms with Crippen LogP contribution in [0.3, 0.4) is 0 Å². The average Bonchev–Trinajstić information content (AvgIpc) is 2.64. The highest BCUT2D eigenvalue weighted by atomic mass is 127. The summed E-state index contributed by atoms with van der Waals surface area (Å²) in [5.74, 6) is 1.54. The zero-order chi connectivity index (χ0) is 21.7. The predicted octanol–water partition coefficient (Wildman–Crippen LogP) is 2.82. The fourth-order valence-electron chi connectivity index (χ4n) is 2.34. The molecule has 0 aliphatic carbocycles. The summed E-state index contributed by atoms with van der Waals surface area (Å²) in [5.41, 5.74) is 0.627. The maximum Gasteiger partial charge on any atom is 0.407 e. The molecule has 0 radical (unpaired) electrons. The second kappa shape index (κ2) is 15.1. The van der Waals surface area contributed by atoms with Crippen molar-refractivity contribution in [3.8, 4) is 5.75 Å². The molecule has 0 bridgehead atoms. The van der Waals surface area contributed by atoms with E-state index < -0.39 is 11.7 Å². The molecule has 8 nitrogen and oxygen atoms in total. The molecule has 0 saturated carbocycles. The van der Waals surface area contributed by atoms with E-state index in [2.05, 4.69) is 39.9 Å². The molecule has 0 fully saturated rings. The Morgan fingerprint density at radius 1 is 1.07 bits per heavy atom. The standard InChI is InChI=1S/C21H37N5O3.HI/c1-21(2,3)29-20(27)24-13-12-23-19(22-4)25-16-17-8-10-18(11-9-17)28-15-7-14-26(5)6;/h8-11H,7,12-16H2,1-6H3,(H,24,27)(H2,22,23,25);1H. The number of nitrogens with zero attached hydrogens (tertiary/aromatic N) is 2. The first kappa shape index (κ1) is 28.2. The van der Waals surface area contributed by atoms with Crippen molar-refractivity contribution in [2.75, 3.05) is 47.4 Å². The molecule has 0 unspecified atom stereocenters. The molecule has 0 heterocycles. The Bertz CT molecular complexity index is 631. The van der Waals surface area contributed by atoms with Crippen molar-refractivity contribution in [3.05, 3.63) is 29.8 Å². The van der Waals surface area contributed by atoms with Crippen molar-refractivity contribution in [2.45, 2.75) is 39.3 Å². The van der Waals surface area contributed by atoms with E-state index in [-0.39, 0.29) is 24.0 Å². The largest absolute Gasteiger partial charge is 0.494 e. The number of rotatable bonds is 10. The Labute approximate surface area is 198 Å². The molecular weight excluding hydrogens is 497 g/mol. The van der Waals surface area contributed by atoms with E-state index in [1.165, 1.54) is 0 Å². The summed E-state index contributed by atoms with van der Waals surface area (Å²) < 4.78 is 10.9. The van der Waals surface area contributed by atoms with Gasteiger partial charge in [-0.25, -0.2) is 4.79 Å². The van der Waals surface area contributed by atoms with Crippen LogP contribution < -0.4 is 20.7 Å². The predicted molar refractivity (Wildman–Crippen MR) is 133 cm³/mol. The number of guanidine groups is 1. The van der Waals surface area contributed by atoms with E-state index in [0.29, 0.717) is 32.2 Å². The first-order chi connectivity index (χ1) is 13.7. The van der Waals surface area contributed by atoms with Crippen LogP contribution >= 0.6 is 24.0 Å². The molecular formula is C21H38IN5O3. The zero-order valence-corrected chi connectivity index (χ0v) is 21.4. The van der Waals surface area contributed by atoms with Crippen LogP contribution in [0.25, 0.3) is 0 Å². The lowest BCUT2D eigenvalue weighted by atomic mass is 10.2. The molecule has 1 amide bonds. The molecule has 1 rings (SSSR count). The number of hydrogen-bond donors (Lipinski definition) is 3. The fraction of sp³-hybridized carbons (Fsp3) is 0.619. The third-order valence-electron chi connectivity index (χ3n) is 3.71. The van der Waals surface area contributed by atoms with Gasteiger partial charge < -0.3 is 30.3 Å². The van der Waals surface area contributed by atoms with E-state index >= 15 is 0 Å². The lowest BCUT2D eigenvalue weighted by molar-refractivity contribution is 0.0529. The van der Waals surface area contributed by atoms with Crippen LogP contribution in [0.2, 0.25) is 0 Å². The smallest absolute Gasteiger partial charge is 0.407 e. The number of alkyl carbamates (subject to hydrolysis) is 1. The van der Waals surface area contributed by atoms with Crippen molar-refractivity contribution in [2.24, 2.45) is 4.99 Å². The number of aliphatic imine (C=N–C) groups is 1. The van der Waals surface area contributed by atoms with Gasteiger partial charge in [0.25, 0.3) is 0 Å². The van der Waals surface area contributed by atoms with Gasteiger partial charge in [-0.05, 0) is 59.0 Å². The van der Waals surface area contributed by atoms with E-state index in [1.807, 2.05) is 45.0 Å². The van der Waals surface area contributed by atoms with Crippen molar-refractivity contribution in [1.29, 1.82) is 0 Å². The summed E-state index contributed by atoms with van der Waals surface area (Å²) in [4.78, 5) is 17.9. The summed E-state index contributed by atoms with van der Waals surface area (Å²) in [5, 5.41) is 9.10. The normalized spacial score (nSPS) is 11.5. The maximum absolute atomic E-state index is 11.6. The molecule has 0 spiro atoms. The molecule has 9 heteroatoms. The number of amides is 1. The molecule has 30 heavy (non-hydrogen) atoms. The molecule has 0 aliphatic heterocycles. The minimum atomic E-state index is -0.498. The summed E-state index contributed by atoms with van der Waals surface area (Å²) in [6, 6.07) is 8.03. The molecule has 0 aromatic heterocycles. The third kappa shape index (κ3) is 14.3. The lowest BCUT2D eigenvalue weighted by Crippen LogP contribution is -2.42. The van der Waals surface area contributed by atoms with Crippen LogP contribution in [0, 0.1) is 0 Å². The van der Waals surface area contributed by atoms with Crippen LogP contribution in [-0.4, -0.2) is 69.9 Å². The van der Waals surface area contributed by atoms with E-state index in [1.54, 1.807) is 7.05 Å². The lowest BCUT2D eigenvalue weighted by Gasteiger charge is -2.20. The van der Waals surface area contributed by atoms with Crippen molar-refractivity contribution >= 4 is 36.0 Å². The summed E-state index contributed by atoms with van der Waals surface area (Å²) in [6.45, 7) is 8.85. The van der Waals surface area contributed by atoms with Crippen molar-refractivity contribution in [1.82, 2.24) is 20.9 Å². The molecule has 172 valence electrons. The van der Waals surface area contributed by atoms with Gasteiger partial charge in [-0.15, -0.1) is 24.0 Å². The van der Waals surface area contributed by atoms with Crippen LogP contribution in [0.4, 0.5) is 4.79 Å². The van der Waals surface area contributed by atoms with Gasteiger partial charge >= 0.3 is 6.09 Å². The van der Waals surface area contributed by atoms with Gasteiger partial charge in [0.15, 0.2) is 5.96 Å². The Kier molecular flexibility index (Phi) is 14.2. The van der Waals surface area contributed by atoms with Gasteiger partial charge in [-0.1, -0.05) is 12.1 Å². The Morgan fingerprint density at radius 2 is 1.70 bits per heavy atom. The maximum atomic E-state index is 11.6. The second-order valence-electron chi connectivity index (χ2n) is 7.93. The van der Waals surface area contributed by atoms with Crippen molar-refractivity contribution < 1.29 is 14.3 Å². The van der Waals surface area contributed by atoms with Gasteiger partial charge in [-0.2, -0.15) is 0 Å². The summed E-state index contributed by atoms with van der Waals surface area (Å²) >= 11 is 0. The van der Waals surface area contributed by atoms with Crippen LogP contribution in [0.1, 0.15) is 32.8 Å². The van der Waals surface area contributed by atoms with Gasteiger partial charge in [0.05, 0.1) is 6.61 Å². The molecule has 1 aromatic rings. The van der Waals surface area contributed by atoms with Gasteiger partial charge in [0.2, 0.25) is 0 Å². The van der Waals surface area contributed by atoms with E-state index in [9.17, 15) is 4.79 Å². The Morgan fingerprint density at radius 3 is 2.27 bits per heavy atom. The monoisotopic (exact) mass is 535 g/mol. The first-order valence-electron chi connectivity index (χ1n) is 9.97. The number of halogens is 1. The highest BCUT2D eigenvalue weighted by Crippen LogP contribution is 2.12. The van der Waals surface area contributed by atoms with Gasteiger partial charge in [-0.3, -0.25) is 4.99 Å². The zero-order valence-electron chi connectivity index (χ0n) is 19.1. The number of carbonyl (C=O) groups excluding carboxylic acids is 1. The molecule has 1 aromatic carbocycles. The number of carbonyl (C=O) groups is 1. The molecule has 0 atom stereocenters. The van der Waals surface area contributed by atoms with Crippen molar-refractivity contribution in [3.63, 3.8) is 0 Å². The SMILES string of the molecule is CN=C(NCCNC(=O)OC(C)(C)C)NCc1ccc(OCCCN(C)C)cc1.I. The topological polar surface area (TPSA) is 87.2 Å². The van der Waals surface area contributed by atoms with Crippen LogP contribution in [0.5, 0.6) is 5.75 Å². The minimum Gasteiger partial charge on any atom is -0.494 e. The quantitative estimate of drug-likeness (QED) is 0.185. The first-order valence-corrected chi connectivity index (χ1v) is 9.97. The number of benzene rings is 1. The molecule has 0 aliphatic rings. The van der Waals surface area contributed by atoms with Gasteiger partial charge in [0, 0.05) is 33.2 Å². The Balaban J connectivity index is 0.00000841. The number of ether oxygens (including phenoxy) is 2. The minimum absolute atomic E-state index is 0. The van der Waals surface area contributed by atoms with Gasteiger partial charge in [0.1, 0.15) is 11.4 Å². The third-order valence-corrected chi connectivity index (χ3v) is 3.71. The number of hydrogen-bond acceptors (Lipinski definition) is 5. The highest BCUT2D eigenvalue weighted by Gasteiger charge is 2.15. The van der Waals surface area contributed by atoms with Crippen LogP contribution in [-0.2, 0) is 11.3 Å². The average molecular weight is 535 g/mol. The van der Waals surface area contributed by atoms with E-state index in [4.69, 9.17) is 9.47 Å². The van der Waals surface area contributed by atoms with E-state index in [0.717, 1.165) is 24.3 Å². The fourth-order valence-corrected chi connectivity index (χ4v) is 2.34. The summed E-state index contributed by atoms with van der Waals surface area (Å²) in [7, 11) is 5.82. The molecule has 3 N–H and O–H groups in total. The van der Waals surface area contributed by atoms with Crippen LogP contribution in [0.15, 0.2) is 29.3 Å². The second-order valence-corrected chi connectivity index (χ2v) is 7.93. The molecule has 0 saturated heterocycles.